The number of aromatic nitrogens is 4. The van der Waals surface area contributed by atoms with Crippen LogP contribution in [-0.2, 0) is 4.79 Å². The molecule has 2 aromatic carbocycles. The topological polar surface area (TPSA) is 166 Å². The molecule has 3 N–H and O–H groups in total. The molecule has 1 unspecified atom stereocenters. The first kappa shape index (κ1) is 30.3. The van der Waals surface area contributed by atoms with E-state index in [1.54, 1.807) is 12.1 Å². The largest absolute Gasteiger partial charge is 0.481 e. The number of aliphatic carboxylic acids is 1. The lowest BCUT2D eigenvalue weighted by molar-refractivity contribution is -0.135. The number of nitrogens with one attached hydrogen (secondary N) is 2. The quantitative estimate of drug-likeness (QED) is 0.188. The third kappa shape index (κ3) is 7.55. The van der Waals surface area contributed by atoms with Crippen LogP contribution in [0, 0.1) is 5.82 Å². The molecule has 4 rings (SSSR count). The lowest BCUT2D eigenvalue weighted by Crippen LogP contribution is -2.43. The average Bonchev–Trinajstić information content (AvgIpc) is 3.66. The summed E-state index contributed by atoms with van der Waals surface area (Å²) in [4.78, 5) is 32.1. The summed E-state index contributed by atoms with van der Waals surface area (Å²) in [5, 5.41) is 22.2. The third-order valence-corrected chi connectivity index (χ3v) is 6.38. The monoisotopic (exact) mass is 580 g/mol. The molecule has 0 radical (unpaired) electrons. The summed E-state index contributed by atoms with van der Waals surface area (Å²) in [5.41, 5.74) is 0.957. The average molecular weight is 581 g/mol. The molecule has 222 valence electrons. The van der Waals surface area contributed by atoms with Crippen LogP contribution < -0.4 is 15.4 Å². The molecule has 0 saturated carbocycles. The lowest BCUT2D eigenvalue weighted by Gasteiger charge is -2.17. The van der Waals surface area contributed by atoms with Crippen LogP contribution in [0.25, 0.3) is 22.8 Å². The minimum absolute atomic E-state index is 0.131. The molecule has 0 aliphatic carbocycles. The molecule has 0 fully saturated rings. The van der Waals surface area contributed by atoms with Crippen molar-refractivity contribution in [1.82, 2.24) is 30.9 Å². The van der Waals surface area contributed by atoms with Gasteiger partial charge < -0.3 is 29.5 Å². The number of nitrogens with zero attached hydrogens (tertiary/aromatic N) is 4. The fourth-order valence-corrected chi connectivity index (χ4v) is 3.98. The van der Waals surface area contributed by atoms with E-state index >= 15 is 0 Å². The van der Waals surface area contributed by atoms with Crippen molar-refractivity contribution >= 4 is 11.9 Å². The van der Waals surface area contributed by atoms with Gasteiger partial charge in [-0.05, 0) is 49.2 Å². The highest BCUT2D eigenvalue weighted by molar-refractivity contribution is 5.95. The number of carboxylic acid groups (broad SMARTS) is 1. The summed E-state index contributed by atoms with van der Waals surface area (Å²) < 4.78 is 31.7. The molecule has 0 bridgehead atoms. The van der Waals surface area contributed by atoms with E-state index in [2.05, 4.69) is 30.9 Å². The molecular formula is C29H33FN6O6. The summed E-state index contributed by atoms with van der Waals surface area (Å²) in [6, 6.07) is 10.9. The molecule has 4 aromatic rings. The SMILES string of the molecule is CCC(Oc1ccc(-c2noc(C(C)C)n2)cc1)c1nc(-c2ccc(C(=O)N[C@@H](CC)CNCC(=O)O)c(F)c2)no1. The molecule has 42 heavy (non-hydrogen) atoms. The lowest BCUT2D eigenvalue weighted by atomic mass is 10.1. The predicted octanol–water partition coefficient (Wildman–Crippen LogP) is 4.76. The molecule has 0 aliphatic rings. The van der Waals surface area contributed by atoms with Gasteiger partial charge >= 0.3 is 5.97 Å². The number of rotatable bonds is 14. The Balaban J connectivity index is 1.40. The number of carbonyl (C=O) groups is 2. The van der Waals surface area contributed by atoms with Gasteiger partial charge in [-0.25, -0.2) is 4.39 Å². The maximum atomic E-state index is 14.9. The molecule has 0 aliphatic heterocycles. The van der Waals surface area contributed by atoms with Gasteiger partial charge in [0.2, 0.25) is 17.5 Å². The molecule has 0 spiro atoms. The van der Waals surface area contributed by atoms with E-state index in [0.717, 1.165) is 11.6 Å². The van der Waals surface area contributed by atoms with Gasteiger partial charge in [0, 0.05) is 29.6 Å². The Hall–Kier alpha value is -4.65. The number of hydrogen-bond acceptors (Lipinski definition) is 10. The Labute approximate surface area is 241 Å². The van der Waals surface area contributed by atoms with Crippen LogP contribution in [0.4, 0.5) is 4.39 Å². The molecule has 13 heteroatoms. The van der Waals surface area contributed by atoms with Gasteiger partial charge in [-0.2, -0.15) is 9.97 Å². The summed E-state index contributed by atoms with van der Waals surface area (Å²) in [7, 11) is 0. The number of benzene rings is 2. The zero-order chi connectivity index (χ0) is 30.2. The number of hydrogen-bond donors (Lipinski definition) is 3. The maximum absolute atomic E-state index is 14.9. The summed E-state index contributed by atoms with van der Waals surface area (Å²) in [6.07, 6.45) is 0.511. The first-order valence-corrected chi connectivity index (χ1v) is 13.7. The van der Waals surface area contributed by atoms with E-state index in [9.17, 15) is 14.0 Å². The van der Waals surface area contributed by atoms with Gasteiger partial charge in [-0.1, -0.05) is 44.1 Å². The van der Waals surface area contributed by atoms with Crippen LogP contribution >= 0.6 is 0 Å². The van der Waals surface area contributed by atoms with E-state index in [1.807, 2.05) is 39.8 Å². The van der Waals surface area contributed by atoms with E-state index in [0.29, 0.717) is 35.9 Å². The third-order valence-electron chi connectivity index (χ3n) is 6.38. The number of carboxylic acids is 1. The van der Waals surface area contributed by atoms with Crippen LogP contribution in [0.2, 0.25) is 0 Å². The Morgan fingerprint density at radius 2 is 1.60 bits per heavy atom. The standard InChI is InChI=1S/C29H33FN6O6/c1-5-19(14-31-15-24(37)38)32-27(39)21-12-9-18(13-22(21)30)26-34-29(42-36-26)23(6-2)40-20-10-7-17(8-11-20)25-33-28(16(3)4)41-35-25/h7-13,16,19,23,31H,5-6,14-15H2,1-4H3,(H,32,39)(H,37,38)/t19-,23?/m0/s1. The second kappa shape index (κ2) is 13.8. The smallest absolute Gasteiger partial charge is 0.317 e. The summed E-state index contributed by atoms with van der Waals surface area (Å²) >= 11 is 0. The molecule has 2 atom stereocenters. The minimum Gasteiger partial charge on any atom is -0.481 e. The van der Waals surface area contributed by atoms with Gasteiger partial charge in [0.1, 0.15) is 11.6 Å². The van der Waals surface area contributed by atoms with Crippen LogP contribution in [0.15, 0.2) is 51.5 Å². The first-order valence-electron chi connectivity index (χ1n) is 13.7. The number of carbonyl (C=O) groups excluding carboxylic acids is 1. The fourth-order valence-electron chi connectivity index (χ4n) is 3.98. The molecule has 2 heterocycles. The van der Waals surface area contributed by atoms with Crippen molar-refractivity contribution in [2.75, 3.05) is 13.1 Å². The predicted molar refractivity (Wildman–Crippen MR) is 149 cm³/mol. The van der Waals surface area contributed by atoms with E-state index in [-0.39, 0.29) is 42.3 Å². The van der Waals surface area contributed by atoms with Crippen molar-refractivity contribution in [3.05, 3.63) is 65.6 Å². The molecule has 0 saturated heterocycles. The van der Waals surface area contributed by atoms with Gasteiger partial charge in [0.25, 0.3) is 11.8 Å². The van der Waals surface area contributed by atoms with E-state index in [4.69, 9.17) is 18.9 Å². The van der Waals surface area contributed by atoms with Crippen molar-refractivity contribution in [3.8, 4) is 28.5 Å². The minimum atomic E-state index is -1.00. The molecular weight excluding hydrogens is 547 g/mol. The Bertz CT molecular complexity index is 1500. The van der Waals surface area contributed by atoms with Gasteiger partial charge in [-0.15, -0.1) is 0 Å². The highest BCUT2D eigenvalue weighted by atomic mass is 19.1. The van der Waals surface area contributed by atoms with Crippen molar-refractivity contribution in [1.29, 1.82) is 0 Å². The normalized spacial score (nSPS) is 12.7. The number of amides is 1. The van der Waals surface area contributed by atoms with Gasteiger partial charge in [0.15, 0.2) is 6.10 Å². The van der Waals surface area contributed by atoms with Crippen LogP contribution in [0.1, 0.15) is 74.7 Å². The number of ether oxygens (including phenoxy) is 1. The van der Waals surface area contributed by atoms with Crippen molar-refractivity contribution < 1.29 is 32.9 Å². The van der Waals surface area contributed by atoms with Gasteiger partial charge in [0.05, 0.1) is 12.1 Å². The Morgan fingerprint density at radius 1 is 0.952 bits per heavy atom. The second-order valence-electron chi connectivity index (χ2n) is 9.90. The van der Waals surface area contributed by atoms with Crippen LogP contribution in [0.3, 0.4) is 0 Å². The molecule has 2 aromatic heterocycles. The Morgan fingerprint density at radius 3 is 2.19 bits per heavy atom. The zero-order valence-electron chi connectivity index (χ0n) is 23.8. The van der Waals surface area contributed by atoms with Crippen LogP contribution in [0.5, 0.6) is 5.75 Å². The Kier molecular flexibility index (Phi) is 9.97. The van der Waals surface area contributed by atoms with E-state index in [1.165, 1.54) is 12.1 Å². The van der Waals surface area contributed by atoms with Crippen molar-refractivity contribution in [3.63, 3.8) is 0 Å². The van der Waals surface area contributed by atoms with Crippen LogP contribution in [-0.4, -0.2) is 56.4 Å². The highest BCUT2D eigenvalue weighted by Gasteiger charge is 2.22. The maximum Gasteiger partial charge on any atom is 0.317 e. The fraction of sp³-hybridized carbons (Fsp3) is 0.379. The van der Waals surface area contributed by atoms with Crippen molar-refractivity contribution in [2.24, 2.45) is 0 Å². The summed E-state index contributed by atoms with van der Waals surface area (Å²) in [5.74, 6) is -0.239. The zero-order valence-corrected chi connectivity index (χ0v) is 23.8. The molecule has 12 nitrogen and oxygen atoms in total. The second-order valence-corrected chi connectivity index (χ2v) is 9.90. The van der Waals surface area contributed by atoms with Crippen molar-refractivity contribution in [2.45, 2.75) is 58.6 Å². The molecule has 1 amide bonds. The number of halogens is 1. The first-order chi connectivity index (χ1) is 20.2. The summed E-state index contributed by atoms with van der Waals surface area (Å²) in [6.45, 7) is 7.69. The van der Waals surface area contributed by atoms with E-state index < -0.39 is 23.8 Å². The van der Waals surface area contributed by atoms with Gasteiger partial charge in [-0.3, -0.25) is 9.59 Å². The highest BCUT2D eigenvalue weighted by Crippen LogP contribution is 2.28.